The molecule has 1 atom stereocenters. The highest BCUT2D eigenvalue weighted by atomic mass is 16.2. The van der Waals surface area contributed by atoms with Gasteiger partial charge in [-0.2, -0.15) is 0 Å². The Bertz CT molecular complexity index is 1230. The van der Waals surface area contributed by atoms with Gasteiger partial charge in [0.25, 0.3) is 0 Å². The van der Waals surface area contributed by atoms with Gasteiger partial charge in [0.1, 0.15) is 0 Å². The summed E-state index contributed by atoms with van der Waals surface area (Å²) in [7, 11) is 0. The molecule has 2 aromatic carbocycles. The number of benzene rings is 2. The molecule has 8 heteroatoms. The summed E-state index contributed by atoms with van der Waals surface area (Å²) < 4.78 is 0. The van der Waals surface area contributed by atoms with Gasteiger partial charge in [0, 0.05) is 69.2 Å². The molecule has 8 nitrogen and oxygen atoms in total. The van der Waals surface area contributed by atoms with E-state index in [1.807, 2.05) is 59.5 Å². The minimum absolute atomic E-state index is 0.0275. The Morgan fingerprint density at radius 2 is 1.43 bits per heavy atom. The molecular weight excluding hydrogens is 464 g/mol. The van der Waals surface area contributed by atoms with E-state index in [9.17, 15) is 9.59 Å². The highest BCUT2D eigenvalue weighted by molar-refractivity contribution is 6.00. The van der Waals surface area contributed by atoms with Crippen molar-refractivity contribution in [3.8, 4) is 11.3 Å². The SMILES string of the molecule is O=C(C1CC(=O)N(c2ccc(N3CCCC3)cc2)C1)N1CCN(c2ccc(-c3ccccc3)nn2)CC1. The summed E-state index contributed by atoms with van der Waals surface area (Å²) in [6.45, 7) is 5.29. The lowest BCUT2D eigenvalue weighted by Crippen LogP contribution is -2.51. The summed E-state index contributed by atoms with van der Waals surface area (Å²) in [5, 5.41) is 8.83. The molecule has 0 radical (unpaired) electrons. The summed E-state index contributed by atoms with van der Waals surface area (Å²) in [5.41, 5.74) is 3.97. The summed E-state index contributed by atoms with van der Waals surface area (Å²) >= 11 is 0. The third-order valence-electron chi connectivity index (χ3n) is 7.74. The van der Waals surface area contributed by atoms with Gasteiger partial charge in [-0.15, -0.1) is 10.2 Å². The fourth-order valence-corrected chi connectivity index (χ4v) is 5.61. The Morgan fingerprint density at radius 1 is 0.730 bits per heavy atom. The van der Waals surface area contributed by atoms with Crippen LogP contribution < -0.4 is 14.7 Å². The van der Waals surface area contributed by atoms with E-state index in [2.05, 4.69) is 32.1 Å². The van der Waals surface area contributed by atoms with Crippen molar-refractivity contribution in [1.82, 2.24) is 15.1 Å². The fraction of sp³-hybridized carbons (Fsp3) is 0.379. The molecule has 3 aliphatic heterocycles. The number of aromatic nitrogens is 2. The minimum atomic E-state index is -0.290. The van der Waals surface area contributed by atoms with Crippen molar-refractivity contribution >= 4 is 29.0 Å². The smallest absolute Gasteiger partial charge is 0.228 e. The predicted molar refractivity (Wildman–Crippen MR) is 145 cm³/mol. The Balaban J connectivity index is 1.04. The number of anilines is 3. The summed E-state index contributed by atoms with van der Waals surface area (Å²) in [4.78, 5) is 34.3. The average Bonchev–Trinajstić information content (AvgIpc) is 3.64. The van der Waals surface area contributed by atoms with Crippen molar-refractivity contribution in [2.24, 2.45) is 5.92 Å². The average molecular weight is 497 g/mol. The fourth-order valence-electron chi connectivity index (χ4n) is 5.61. The molecule has 1 aromatic heterocycles. The van der Waals surface area contributed by atoms with E-state index in [0.717, 1.165) is 35.9 Å². The lowest BCUT2D eigenvalue weighted by molar-refractivity contribution is -0.136. The van der Waals surface area contributed by atoms with Crippen LogP contribution in [0.2, 0.25) is 0 Å². The van der Waals surface area contributed by atoms with Crippen LogP contribution in [0.25, 0.3) is 11.3 Å². The first-order valence-corrected chi connectivity index (χ1v) is 13.2. The molecule has 0 saturated carbocycles. The van der Waals surface area contributed by atoms with Gasteiger partial charge in [0.05, 0.1) is 11.6 Å². The standard InChI is InChI=1S/C29H32N6O2/c36-28-20-23(21-35(28)25-10-8-24(9-11-25)32-14-4-5-15-32)29(37)34-18-16-33(17-19-34)27-13-12-26(30-31-27)22-6-2-1-3-7-22/h1-3,6-13,23H,4-5,14-21H2. The molecule has 0 spiro atoms. The molecular formula is C29H32N6O2. The van der Waals surface area contributed by atoms with Gasteiger partial charge in [0.2, 0.25) is 11.8 Å². The van der Waals surface area contributed by atoms with Crippen LogP contribution in [-0.2, 0) is 9.59 Å². The molecule has 0 N–H and O–H groups in total. The van der Waals surface area contributed by atoms with E-state index in [4.69, 9.17) is 0 Å². The van der Waals surface area contributed by atoms with Crippen LogP contribution in [0.3, 0.4) is 0 Å². The first-order chi connectivity index (χ1) is 18.2. The van der Waals surface area contributed by atoms with Gasteiger partial charge in [-0.25, -0.2) is 0 Å². The number of piperazine rings is 1. The maximum atomic E-state index is 13.3. The largest absolute Gasteiger partial charge is 0.372 e. The molecule has 6 rings (SSSR count). The first kappa shape index (κ1) is 23.5. The van der Waals surface area contributed by atoms with E-state index >= 15 is 0 Å². The molecule has 4 heterocycles. The Morgan fingerprint density at radius 3 is 2.11 bits per heavy atom. The van der Waals surface area contributed by atoms with E-state index in [1.165, 1.54) is 18.5 Å². The van der Waals surface area contributed by atoms with Gasteiger partial charge in [-0.1, -0.05) is 30.3 Å². The van der Waals surface area contributed by atoms with Gasteiger partial charge in [-0.3, -0.25) is 9.59 Å². The van der Waals surface area contributed by atoms with Crippen molar-refractivity contribution in [3.63, 3.8) is 0 Å². The molecule has 0 bridgehead atoms. The van der Waals surface area contributed by atoms with Crippen LogP contribution in [-0.4, -0.2) is 72.7 Å². The van der Waals surface area contributed by atoms with Crippen molar-refractivity contribution in [2.45, 2.75) is 19.3 Å². The zero-order valence-electron chi connectivity index (χ0n) is 21.0. The third kappa shape index (κ3) is 4.88. The van der Waals surface area contributed by atoms with E-state index in [0.29, 0.717) is 32.7 Å². The molecule has 3 aromatic rings. The molecule has 2 amide bonds. The third-order valence-corrected chi connectivity index (χ3v) is 7.74. The number of amides is 2. The number of carbonyl (C=O) groups excluding carboxylic acids is 2. The van der Waals surface area contributed by atoms with Gasteiger partial charge < -0.3 is 19.6 Å². The van der Waals surface area contributed by atoms with Crippen LogP contribution in [0.1, 0.15) is 19.3 Å². The summed E-state index contributed by atoms with van der Waals surface area (Å²) in [6.07, 6.45) is 2.75. The Labute approximate surface area is 217 Å². The second-order valence-corrected chi connectivity index (χ2v) is 10.1. The van der Waals surface area contributed by atoms with Crippen LogP contribution in [0, 0.1) is 5.92 Å². The maximum Gasteiger partial charge on any atom is 0.228 e. The number of hydrogen-bond donors (Lipinski definition) is 0. The quantitative estimate of drug-likeness (QED) is 0.539. The van der Waals surface area contributed by atoms with Gasteiger partial charge >= 0.3 is 0 Å². The van der Waals surface area contributed by atoms with Crippen LogP contribution >= 0.6 is 0 Å². The van der Waals surface area contributed by atoms with Crippen molar-refractivity contribution in [3.05, 3.63) is 66.7 Å². The lowest BCUT2D eigenvalue weighted by atomic mass is 10.1. The van der Waals surface area contributed by atoms with E-state index in [-0.39, 0.29) is 24.2 Å². The minimum Gasteiger partial charge on any atom is -0.372 e. The molecule has 37 heavy (non-hydrogen) atoms. The molecule has 3 fully saturated rings. The number of nitrogens with zero attached hydrogens (tertiary/aromatic N) is 6. The number of rotatable bonds is 5. The van der Waals surface area contributed by atoms with Crippen molar-refractivity contribution in [2.75, 3.05) is 60.5 Å². The summed E-state index contributed by atoms with van der Waals surface area (Å²) in [5.74, 6) is 0.642. The first-order valence-electron chi connectivity index (χ1n) is 13.2. The van der Waals surface area contributed by atoms with Gasteiger partial charge in [-0.05, 0) is 49.2 Å². The highest BCUT2D eigenvalue weighted by Gasteiger charge is 2.38. The lowest BCUT2D eigenvalue weighted by Gasteiger charge is -2.36. The monoisotopic (exact) mass is 496 g/mol. The molecule has 190 valence electrons. The number of carbonyl (C=O) groups is 2. The normalized spacial score (nSPS) is 20.1. The van der Waals surface area contributed by atoms with Crippen LogP contribution in [0.4, 0.5) is 17.2 Å². The molecule has 3 saturated heterocycles. The second kappa shape index (κ2) is 10.2. The highest BCUT2D eigenvalue weighted by Crippen LogP contribution is 2.29. The predicted octanol–water partition coefficient (Wildman–Crippen LogP) is 3.45. The maximum absolute atomic E-state index is 13.3. The molecule has 1 unspecified atom stereocenters. The van der Waals surface area contributed by atoms with Crippen LogP contribution in [0.15, 0.2) is 66.7 Å². The molecule has 3 aliphatic rings. The Hall–Kier alpha value is -3.94. The zero-order valence-corrected chi connectivity index (χ0v) is 21.0. The van der Waals surface area contributed by atoms with E-state index < -0.39 is 0 Å². The second-order valence-electron chi connectivity index (χ2n) is 10.1. The van der Waals surface area contributed by atoms with Crippen molar-refractivity contribution in [1.29, 1.82) is 0 Å². The van der Waals surface area contributed by atoms with Crippen molar-refractivity contribution < 1.29 is 9.59 Å². The zero-order chi connectivity index (χ0) is 25.2. The topological polar surface area (TPSA) is 72.9 Å². The van der Waals surface area contributed by atoms with Crippen LogP contribution in [0.5, 0.6) is 0 Å². The molecule has 0 aliphatic carbocycles. The van der Waals surface area contributed by atoms with Gasteiger partial charge in [0.15, 0.2) is 5.82 Å². The van der Waals surface area contributed by atoms with E-state index in [1.54, 1.807) is 4.90 Å². The summed E-state index contributed by atoms with van der Waals surface area (Å²) in [6, 6.07) is 22.2. The Kier molecular flexibility index (Phi) is 6.47. The number of hydrogen-bond acceptors (Lipinski definition) is 6.